The largest absolute Gasteiger partial charge is 0.444 e. The first-order valence-corrected chi connectivity index (χ1v) is 7.69. The van der Waals surface area contributed by atoms with E-state index in [0.717, 1.165) is 25.1 Å². The van der Waals surface area contributed by atoms with Crippen molar-refractivity contribution < 1.29 is 13.9 Å². The number of halogens is 1. The molecule has 1 aliphatic rings. The quantitative estimate of drug-likeness (QED) is 0.905. The van der Waals surface area contributed by atoms with Gasteiger partial charge >= 0.3 is 6.09 Å². The van der Waals surface area contributed by atoms with Gasteiger partial charge in [-0.1, -0.05) is 24.3 Å². The average Bonchev–Trinajstić information content (AvgIpc) is 3.09. The van der Waals surface area contributed by atoms with E-state index in [1.165, 1.54) is 17.7 Å². The van der Waals surface area contributed by atoms with Gasteiger partial charge in [0.05, 0.1) is 0 Å². The lowest BCUT2D eigenvalue weighted by Crippen LogP contribution is -2.13. The SMILES string of the molecule is O=C(Nc1ccc([C@H]2CCNC2)cc1)OCc1ccc(F)cc1. The number of hydrogen-bond acceptors (Lipinski definition) is 3. The van der Waals surface area contributed by atoms with E-state index < -0.39 is 6.09 Å². The zero-order valence-electron chi connectivity index (χ0n) is 12.7. The molecule has 2 aromatic carbocycles. The number of carbonyl (C=O) groups excluding carboxylic acids is 1. The molecule has 1 fully saturated rings. The number of amides is 1. The minimum atomic E-state index is -0.524. The van der Waals surface area contributed by atoms with Crippen LogP contribution in [0.3, 0.4) is 0 Å². The molecule has 0 spiro atoms. The fourth-order valence-electron chi connectivity index (χ4n) is 2.66. The van der Waals surface area contributed by atoms with Crippen LogP contribution in [-0.2, 0) is 11.3 Å². The van der Waals surface area contributed by atoms with Crippen LogP contribution in [0.25, 0.3) is 0 Å². The van der Waals surface area contributed by atoms with Gasteiger partial charge in [0, 0.05) is 12.2 Å². The third kappa shape index (κ3) is 4.29. The summed E-state index contributed by atoms with van der Waals surface area (Å²) >= 11 is 0. The number of anilines is 1. The molecule has 0 saturated carbocycles. The summed E-state index contributed by atoms with van der Waals surface area (Å²) in [6, 6.07) is 13.7. The molecule has 23 heavy (non-hydrogen) atoms. The van der Waals surface area contributed by atoms with Crippen molar-refractivity contribution in [3.63, 3.8) is 0 Å². The number of carbonyl (C=O) groups is 1. The van der Waals surface area contributed by atoms with Crippen molar-refractivity contribution in [3.05, 3.63) is 65.5 Å². The predicted molar refractivity (Wildman–Crippen MR) is 86.9 cm³/mol. The van der Waals surface area contributed by atoms with Crippen LogP contribution in [0.4, 0.5) is 14.9 Å². The van der Waals surface area contributed by atoms with Gasteiger partial charge in [-0.15, -0.1) is 0 Å². The highest BCUT2D eigenvalue weighted by molar-refractivity contribution is 5.84. The molecule has 1 aliphatic heterocycles. The predicted octanol–water partition coefficient (Wildman–Crippen LogP) is 3.65. The van der Waals surface area contributed by atoms with Crippen LogP contribution in [0.5, 0.6) is 0 Å². The van der Waals surface area contributed by atoms with E-state index >= 15 is 0 Å². The second-order valence-corrected chi connectivity index (χ2v) is 5.64. The van der Waals surface area contributed by atoms with Gasteiger partial charge in [0.25, 0.3) is 0 Å². The smallest absolute Gasteiger partial charge is 0.411 e. The highest BCUT2D eigenvalue weighted by atomic mass is 19.1. The molecule has 1 atom stereocenters. The van der Waals surface area contributed by atoms with Crippen LogP contribution in [-0.4, -0.2) is 19.2 Å². The third-order valence-electron chi connectivity index (χ3n) is 3.97. The summed E-state index contributed by atoms with van der Waals surface area (Å²) in [5.41, 5.74) is 2.72. The first kappa shape index (κ1) is 15.5. The van der Waals surface area contributed by atoms with Gasteiger partial charge in [-0.3, -0.25) is 5.32 Å². The van der Waals surface area contributed by atoms with Crippen molar-refractivity contribution >= 4 is 11.8 Å². The van der Waals surface area contributed by atoms with E-state index in [0.29, 0.717) is 11.6 Å². The fraction of sp³-hybridized carbons (Fsp3) is 0.278. The Balaban J connectivity index is 1.50. The minimum Gasteiger partial charge on any atom is -0.444 e. The van der Waals surface area contributed by atoms with E-state index in [9.17, 15) is 9.18 Å². The van der Waals surface area contributed by atoms with Crippen LogP contribution in [0, 0.1) is 5.82 Å². The fourth-order valence-corrected chi connectivity index (χ4v) is 2.66. The summed E-state index contributed by atoms with van der Waals surface area (Å²) in [7, 11) is 0. The molecule has 1 heterocycles. The Morgan fingerprint density at radius 2 is 1.91 bits per heavy atom. The van der Waals surface area contributed by atoms with Crippen molar-refractivity contribution in [2.75, 3.05) is 18.4 Å². The lowest BCUT2D eigenvalue weighted by molar-refractivity contribution is 0.155. The molecule has 0 aromatic heterocycles. The van der Waals surface area contributed by atoms with Crippen LogP contribution in [0.1, 0.15) is 23.5 Å². The summed E-state index contributed by atoms with van der Waals surface area (Å²) in [4.78, 5) is 11.8. The van der Waals surface area contributed by atoms with Gasteiger partial charge in [0.1, 0.15) is 12.4 Å². The molecule has 1 amide bonds. The van der Waals surface area contributed by atoms with E-state index in [1.807, 2.05) is 24.3 Å². The van der Waals surface area contributed by atoms with Crippen LogP contribution >= 0.6 is 0 Å². The Morgan fingerprint density at radius 1 is 1.17 bits per heavy atom. The standard InChI is InChI=1S/C18H19FN2O2/c19-16-5-1-13(2-6-16)12-23-18(22)21-17-7-3-14(4-8-17)15-9-10-20-11-15/h1-8,15,20H,9-12H2,(H,21,22)/t15-/m0/s1. The van der Waals surface area contributed by atoms with Crippen LogP contribution in [0.2, 0.25) is 0 Å². The lowest BCUT2D eigenvalue weighted by atomic mass is 9.98. The first-order chi connectivity index (χ1) is 11.2. The molecule has 2 aromatic rings. The van der Waals surface area contributed by atoms with Gasteiger partial charge in [-0.05, 0) is 54.3 Å². The molecular formula is C18H19FN2O2. The highest BCUT2D eigenvalue weighted by Gasteiger charge is 2.16. The van der Waals surface area contributed by atoms with E-state index in [1.54, 1.807) is 12.1 Å². The van der Waals surface area contributed by atoms with Gasteiger partial charge in [-0.25, -0.2) is 9.18 Å². The molecule has 0 aliphatic carbocycles. The third-order valence-corrected chi connectivity index (χ3v) is 3.97. The number of ether oxygens (including phenoxy) is 1. The Bertz CT molecular complexity index is 650. The number of benzene rings is 2. The highest BCUT2D eigenvalue weighted by Crippen LogP contribution is 2.23. The lowest BCUT2D eigenvalue weighted by Gasteiger charge is -2.11. The van der Waals surface area contributed by atoms with Crippen molar-refractivity contribution in [3.8, 4) is 0 Å². The molecule has 120 valence electrons. The van der Waals surface area contributed by atoms with Crippen molar-refractivity contribution in [2.24, 2.45) is 0 Å². The number of nitrogens with one attached hydrogen (secondary N) is 2. The summed E-state index contributed by atoms with van der Waals surface area (Å²) in [6.45, 7) is 2.17. The molecule has 5 heteroatoms. The molecule has 1 saturated heterocycles. The maximum atomic E-state index is 12.8. The van der Waals surface area contributed by atoms with E-state index in [2.05, 4.69) is 10.6 Å². The molecule has 0 unspecified atom stereocenters. The summed E-state index contributed by atoms with van der Waals surface area (Å²) in [5.74, 6) is 0.241. The summed E-state index contributed by atoms with van der Waals surface area (Å²) < 4.78 is 17.9. The first-order valence-electron chi connectivity index (χ1n) is 7.69. The van der Waals surface area contributed by atoms with Gasteiger partial charge in [0.15, 0.2) is 0 Å². The van der Waals surface area contributed by atoms with E-state index in [-0.39, 0.29) is 12.4 Å². The van der Waals surface area contributed by atoms with Gasteiger partial charge in [-0.2, -0.15) is 0 Å². The van der Waals surface area contributed by atoms with Gasteiger partial charge < -0.3 is 10.1 Å². The minimum absolute atomic E-state index is 0.109. The maximum Gasteiger partial charge on any atom is 0.411 e. The topological polar surface area (TPSA) is 50.4 Å². The van der Waals surface area contributed by atoms with Crippen molar-refractivity contribution in [1.29, 1.82) is 0 Å². The second-order valence-electron chi connectivity index (χ2n) is 5.64. The number of hydrogen-bond donors (Lipinski definition) is 2. The van der Waals surface area contributed by atoms with Crippen LogP contribution < -0.4 is 10.6 Å². The Kier molecular flexibility index (Phi) is 4.88. The monoisotopic (exact) mass is 314 g/mol. The van der Waals surface area contributed by atoms with Gasteiger partial charge in [0.2, 0.25) is 0 Å². The zero-order valence-corrected chi connectivity index (χ0v) is 12.7. The molecule has 0 bridgehead atoms. The molecule has 3 rings (SSSR count). The van der Waals surface area contributed by atoms with Crippen molar-refractivity contribution in [1.82, 2.24) is 5.32 Å². The van der Waals surface area contributed by atoms with Crippen molar-refractivity contribution in [2.45, 2.75) is 18.9 Å². The van der Waals surface area contributed by atoms with Crippen LogP contribution in [0.15, 0.2) is 48.5 Å². The molecule has 4 nitrogen and oxygen atoms in total. The second kappa shape index (κ2) is 7.24. The average molecular weight is 314 g/mol. The maximum absolute atomic E-state index is 12.8. The zero-order chi connectivity index (χ0) is 16.1. The summed E-state index contributed by atoms with van der Waals surface area (Å²) in [5, 5.41) is 6.03. The normalized spacial score (nSPS) is 17.0. The summed E-state index contributed by atoms with van der Waals surface area (Å²) in [6.07, 6.45) is 0.622. The Hall–Kier alpha value is -2.40. The van der Waals surface area contributed by atoms with E-state index in [4.69, 9.17) is 4.74 Å². The Morgan fingerprint density at radius 3 is 2.57 bits per heavy atom. The molecular weight excluding hydrogens is 295 g/mol. The molecule has 2 N–H and O–H groups in total. The Labute approximate surface area is 134 Å². The molecule has 0 radical (unpaired) electrons. The number of rotatable bonds is 4.